The third kappa shape index (κ3) is 4.57. The van der Waals surface area contributed by atoms with Crippen LogP contribution in [0, 0.1) is 5.41 Å². The summed E-state index contributed by atoms with van der Waals surface area (Å²) in [5.74, 6) is -0.675. The molecule has 3 N–H and O–H groups in total. The molecular formula is C14H22F3N3O3. The Bertz CT molecular complexity index is 462. The highest BCUT2D eigenvalue weighted by molar-refractivity contribution is 5.84. The van der Waals surface area contributed by atoms with E-state index in [0.29, 0.717) is 45.3 Å². The van der Waals surface area contributed by atoms with Gasteiger partial charge in [-0.1, -0.05) is 0 Å². The lowest BCUT2D eigenvalue weighted by Gasteiger charge is -2.47. The van der Waals surface area contributed by atoms with Crippen molar-refractivity contribution < 1.29 is 27.9 Å². The number of hydrogen-bond acceptors (Lipinski definition) is 4. The van der Waals surface area contributed by atoms with E-state index in [-0.39, 0.29) is 17.9 Å². The Morgan fingerprint density at radius 3 is 2.43 bits per heavy atom. The quantitative estimate of drug-likeness (QED) is 0.762. The number of primary amides is 1. The van der Waals surface area contributed by atoms with Crippen LogP contribution >= 0.6 is 0 Å². The number of hydrogen-bond donors (Lipinski definition) is 2. The van der Waals surface area contributed by atoms with Crippen LogP contribution in [0.1, 0.15) is 25.7 Å². The molecule has 0 aromatic rings. The summed E-state index contributed by atoms with van der Waals surface area (Å²) in [6.45, 7) is 0.752. The molecule has 0 aromatic heterocycles. The zero-order valence-electron chi connectivity index (χ0n) is 12.8. The summed E-state index contributed by atoms with van der Waals surface area (Å²) in [4.78, 5) is 25.9. The molecule has 2 heterocycles. The van der Waals surface area contributed by atoms with E-state index < -0.39 is 24.7 Å². The van der Waals surface area contributed by atoms with E-state index in [2.05, 4.69) is 0 Å². The van der Waals surface area contributed by atoms with E-state index in [1.807, 2.05) is 0 Å². The van der Waals surface area contributed by atoms with Crippen LogP contribution in [0.5, 0.6) is 0 Å². The van der Waals surface area contributed by atoms with E-state index >= 15 is 0 Å². The number of carbonyl (C=O) groups excluding carboxylic acids is 2. The van der Waals surface area contributed by atoms with E-state index in [9.17, 15) is 22.8 Å². The summed E-state index contributed by atoms with van der Waals surface area (Å²) < 4.78 is 37.2. The van der Waals surface area contributed by atoms with E-state index in [0.717, 1.165) is 0 Å². The molecule has 132 valence electrons. The molecule has 23 heavy (non-hydrogen) atoms. The highest BCUT2D eigenvalue weighted by atomic mass is 19.4. The van der Waals surface area contributed by atoms with Gasteiger partial charge in [0, 0.05) is 19.5 Å². The lowest BCUT2D eigenvalue weighted by atomic mass is 9.72. The van der Waals surface area contributed by atoms with Gasteiger partial charge in [-0.05, 0) is 37.8 Å². The molecule has 2 fully saturated rings. The van der Waals surface area contributed by atoms with Crippen molar-refractivity contribution in [3.8, 4) is 0 Å². The van der Waals surface area contributed by atoms with Gasteiger partial charge in [-0.3, -0.25) is 9.59 Å². The lowest BCUT2D eigenvalue weighted by Crippen LogP contribution is -2.54. The van der Waals surface area contributed by atoms with Gasteiger partial charge >= 0.3 is 6.18 Å². The fourth-order valence-electron chi connectivity index (χ4n) is 3.40. The topological polar surface area (TPSA) is 86.9 Å². The fourth-order valence-corrected chi connectivity index (χ4v) is 3.40. The summed E-state index contributed by atoms with van der Waals surface area (Å²) in [7, 11) is 0. The Morgan fingerprint density at radius 1 is 1.30 bits per heavy atom. The molecule has 2 amide bonds. The van der Waals surface area contributed by atoms with Crippen LogP contribution in [0.2, 0.25) is 0 Å². The number of amides is 2. The molecule has 6 nitrogen and oxygen atoms in total. The average Bonchev–Trinajstić information content (AvgIpc) is 2.44. The maximum absolute atomic E-state index is 12.4. The Labute approximate surface area is 132 Å². The summed E-state index contributed by atoms with van der Waals surface area (Å²) in [5.41, 5.74) is 4.98. The number of aliphatic hydroxyl groups is 1. The third-order valence-corrected chi connectivity index (χ3v) is 4.82. The molecule has 0 aliphatic carbocycles. The number of nitrogens with zero attached hydrogens (tertiary/aromatic N) is 2. The van der Waals surface area contributed by atoms with Crippen molar-refractivity contribution in [1.82, 2.24) is 9.80 Å². The first-order chi connectivity index (χ1) is 10.6. The van der Waals surface area contributed by atoms with Crippen molar-refractivity contribution >= 4 is 11.8 Å². The maximum atomic E-state index is 12.4. The van der Waals surface area contributed by atoms with Crippen LogP contribution in [0.15, 0.2) is 0 Å². The van der Waals surface area contributed by atoms with Gasteiger partial charge < -0.3 is 20.6 Å². The first-order valence-corrected chi connectivity index (χ1v) is 7.65. The van der Waals surface area contributed by atoms with Gasteiger partial charge in [-0.25, -0.2) is 0 Å². The monoisotopic (exact) mass is 337 g/mol. The van der Waals surface area contributed by atoms with Gasteiger partial charge in [0.1, 0.15) is 0 Å². The second-order valence-electron chi connectivity index (χ2n) is 6.57. The van der Waals surface area contributed by atoms with Crippen molar-refractivity contribution in [3.63, 3.8) is 0 Å². The van der Waals surface area contributed by atoms with Crippen molar-refractivity contribution in [2.24, 2.45) is 11.1 Å². The molecule has 1 spiro atoms. The molecule has 2 saturated heterocycles. The molecule has 0 aromatic carbocycles. The van der Waals surface area contributed by atoms with Gasteiger partial charge in [-0.15, -0.1) is 0 Å². The van der Waals surface area contributed by atoms with Crippen molar-refractivity contribution in [2.45, 2.75) is 38.0 Å². The SMILES string of the molecule is NC(=O)CN1CC2(CCC1=O)CCN(CC(O)C(F)(F)F)CC2. The molecule has 2 aliphatic heterocycles. The zero-order valence-corrected chi connectivity index (χ0v) is 12.8. The summed E-state index contributed by atoms with van der Waals surface area (Å²) >= 11 is 0. The fraction of sp³-hybridized carbons (Fsp3) is 0.857. The largest absolute Gasteiger partial charge is 0.415 e. The molecule has 1 atom stereocenters. The van der Waals surface area contributed by atoms with Crippen LogP contribution in [0.4, 0.5) is 13.2 Å². The van der Waals surface area contributed by atoms with Gasteiger partial charge in [-0.2, -0.15) is 13.2 Å². The van der Waals surface area contributed by atoms with Crippen molar-refractivity contribution in [3.05, 3.63) is 0 Å². The molecule has 2 aliphatic rings. The number of halogens is 3. The Morgan fingerprint density at radius 2 is 1.91 bits per heavy atom. The van der Waals surface area contributed by atoms with E-state index in [1.165, 1.54) is 4.90 Å². The molecule has 2 rings (SSSR count). The second-order valence-corrected chi connectivity index (χ2v) is 6.57. The van der Waals surface area contributed by atoms with Gasteiger partial charge in [0.2, 0.25) is 11.8 Å². The predicted octanol–water partition coefficient (Wildman–Crippen LogP) is 0.0995. The highest BCUT2D eigenvalue weighted by Crippen LogP contribution is 2.40. The Hall–Kier alpha value is -1.35. The first-order valence-electron chi connectivity index (χ1n) is 7.65. The van der Waals surface area contributed by atoms with Gasteiger partial charge in [0.25, 0.3) is 0 Å². The molecule has 1 unspecified atom stereocenters. The smallest absolute Gasteiger partial charge is 0.382 e. The maximum Gasteiger partial charge on any atom is 0.415 e. The number of alkyl halides is 3. The second kappa shape index (κ2) is 6.64. The van der Waals surface area contributed by atoms with E-state index in [4.69, 9.17) is 10.8 Å². The summed E-state index contributed by atoms with van der Waals surface area (Å²) in [5, 5.41) is 9.14. The van der Waals surface area contributed by atoms with Crippen LogP contribution in [-0.2, 0) is 9.59 Å². The van der Waals surface area contributed by atoms with Crippen LogP contribution in [0.25, 0.3) is 0 Å². The van der Waals surface area contributed by atoms with Gasteiger partial charge in [0.05, 0.1) is 6.54 Å². The minimum Gasteiger partial charge on any atom is -0.382 e. The molecule has 9 heteroatoms. The minimum absolute atomic E-state index is 0.107. The van der Waals surface area contributed by atoms with E-state index in [1.54, 1.807) is 4.90 Å². The molecule has 0 bridgehead atoms. The number of rotatable bonds is 4. The summed E-state index contributed by atoms with van der Waals surface area (Å²) in [6.07, 6.45) is -4.66. The van der Waals surface area contributed by atoms with Crippen LogP contribution in [-0.4, -0.2) is 71.7 Å². The molecule has 0 saturated carbocycles. The van der Waals surface area contributed by atoms with Crippen molar-refractivity contribution in [1.29, 1.82) is 0 Å². The lowest BCUT2D eigenvalue weighted by molar-refractivity contribution is -0.209. The Balaban J connectivity index is 1.90. The van der Waals surface area contributed by atoms with Gasteiger partial charge in [0.15, 0.2) is 6.10 Å². The standard InChI is InChI=1S/C14H22F3N3O3/c15-14(16,17)10(21)7-19-5-3-13(4-6-19)2-1-12(23)20(9-13)8-11(18)22/h10,21H,1-9H2,(H2,18,22). The number of piperidine rings is 2. The number of aliphatic hydroxyl groups excluding tert-OH is 1. The first kappa shape index (κ1) is 18.0. The summed E-state index contributed by atoms with van der Waals surface area (Å²) in [6, 6.07) is 0. The minimum atomic E-state index is -4.61. The Kier molecular flexibility index (Phi) is 5.20. The third-order valence-electron chi connectivity index (χ3n) is 4.82. The zero-order chi connectivity index (χ0) is 17.3. The van der Waals surface area contributed by atoms with Crippen molar-refractivity contribution in [2.75, 3.05) is 32.7 Å². The average molecular weight is 337 g/mol. The number of β-amino-alcohol motifs (C(OH)–C–C–N with tert-alkyl or cyclic N) is 1. The molecular weight excluding hydrogens is 315 g/mol. The molecule has 0 radical (unpaired) electrons. The van der Waals surface area contributed by atoms with Crippen LogP contribution < -0.4 is 5.73 Å². The van der Waals surface area contributed by atoms with Crippen LogP contribution in [0.3, 0.4) is 0 Å². The number of carbonyl (C=O) groups is 2. The normalized spacial score (nSPS) is 24.0. The highest BCUT2D eigenvalue weighted by Gasteiger charge is 2.43. The number of nitrogens with two attached hydrogens (primary N) is 1. The predicted molar refractivity (Wildman–Crippen MR) is 75.2 cm³/mol. The number of likely N-dealkylation sites (tertiary alicyclic amines) is 2.